The Kier molecular flexibility index (Phi) is 7.34. The molecule has 0 saturated carbocycles. The number of nitro groups is 1. The zero-order valence-corrected chi connectivity index (χ0v) is 20.2. The highest BCUT2D eigenvalue weighted by atomic mass is 32.1. The minimum absolute atomic E-state index is 0.112. The van der Waals surface area contributed by atoms with E-state index in [1.807, 2.05) is 38.1 Å². The van der Waals surface area contributed by atoms with Crippen LogP contribution in [0.2, 0.25) is 0 Å². The third kappa shape index (κ3) is 4.83. The molecule has 0 saturated heterocycles. The lowest BCUT2D eigenvalue weighted by Gasteiger charge is -2.22. The maximum Gasteiger partial charge on any atom is 0.286 e. The molecule has 3 aromatic rings. The van der Waals surface area contributed by atoms with Crippen molar-refractivity contribution in [3.8, 4) is 17.2 Å². The van der Waals surface area contributed by atoms with Gasteiger partial charge in [0.2, 0.25) is 0 Å². The number of nitro benzene ring substituents is 1. The van der Waals surface area contributed by atoms with Gasteiger partial charge in [-0.25, -0.2) is 4.98 Å². The van der Waals surface area contributed by atoms with E-state index in [1.54, 1.807) is 7.11 Å². The molecule has 0 unspecified atom stereocenters. The summed E-state index contributed by atoms with van der Waals surface area (Å²) in [5.41, 5.74) is 1.15. The molecule has 1 heterocycles. The number of benzene rings is 2. The molecule has 1 amide bonds. The van der Waals surface area contributed by atoms with Gasteiger partial charge in [-0.1, -0.05) is 17.4 Å². The van der Waals surface area contributed by atoms with E-state index in [-0.39, 0.29) is 29.3 Å². The summed E-state index contributed by atoms with van der Waals surface area (Å²) in [6.45, 7) is 2.76. The van der Waals surface area contributed by atoms with Gasteiger partial charge >= 0.3 is 0 Å². The van der Waals surface area contributed by atoms with E-state index in [2.05, 4.69) is 4.98 Å². The third-order valence-electron chi connectivity index (χ3n) is 5.09. The predicted octanol–water partition coefficient (Wildman–Crippen LogP) is 3.75. The number of amides is 1. The standard InChI is InChI=1S/C22H26N4O6S/c1-13-7-8-16(30-4)19-20(13)33-22(23-19)25(10-9-24(2)3)21(27)14-11-17(31-5)18(32-6)12-15(14)26(28)29/h7-8,11-12H,9-10H2,1-6H3. The molecule has 2 aromatic carbocycles. The van der Waals surface area contributed by atoms with Crippen molar-refractivity contribution >= 4 is 38.3 Å². The number of carbonyl (C=O) groups is 1. The van der Waals surface area contributed by atoms with E-state index in [1.165, 1.54) is 42.6 Å². The first-order valence-electron chi connectivity index (χ1n) is 10.0. The number of ether oxygens (including phenoxy) is 3. The Labute approximate surface area is 195 Å². The maximum atomic E-state index is 13.7. The van der Waals surface area contributed by atoms with Crippen LogP contribution in [0, 0.1) is 17.0 Å². The number of thiazole rings is 1. The van der Waals surface area contributed by atoms with Gasteiger partial charge in [-0.2, -0.15) is 0 Å². The number of rotatable bonds is 9. The SMILES string of the molecule is COc1cc(C(=O)N(CCN(C)C)c2nc3c(OC)ccc(C)c3s2)c([N+](=O)[O-])cc1OC. The molecule has 0 aliphatic heterocycles. The minimum Gasteiger partial charge on any atom is -0.494 e. The smallest absolute Gasteiger partial charge is 0.286 e. The lowest BCUT2D eigenvalue weighted by atomic mass is 10.1. The molecule has 11 heteroatoms. The van der Waals surface area contributed by atoms with Crippen LogP contribution in [-0.4, -0.2) is 69.2 Å². The highest BCUT2D eigenvalue weighted by Gasteiger charge is 2.30. The Balaban J connectivity index is 2.18. The van der Waals surface area contributed by atoms with Crippen molar-refractivity contribution in [3.63, 3.8) is 0 Å². The van der Waals surface area contributed by atoms with Gasteiger partial charge in [0.1, 0.15) is 16.8 Å². The number of carbonyl (C=O) groups excluding carboxylic acids is 1. The zero-order valence-electron chi connectivity index (χ0n) is 19.4. The normalized spacial score (nSPS) is 11.0. The van der Waals surface area contributed by atoms with Crippen molar-refractivity contribution < 1.29 is 23.9 Å². The number of nitrogens with zero attached hydrogens (tertiary/aromatic N) is 4. The number of anilines is 1. The monoisotopic (exact) mass is 474 g/mol. The summed E-state index contributed by atoms with van der Waals surface area (Å²) in [7, 11) is 8.11. The third-order valence-corrected chi connectivity index (χ3v) is 6.30. The maximum absolute atomic E-state index is 13.7. The summed E-state index contributed by atoms with van der Waals surface area (Å²) in [6, 6.07) is 6.28. The molecule has 33 heavy (non-hydrogen) atoms. The second kappa shape index (κ2) is 10.0. The number of hydrogen-bond acceptors (Lipinski definition) is 9. The second-order valence-corrected chi connectivity index (χ2v) is 8.48. The number of methoxy groups -OCH3 is 3. The molecule has 3 rings (SSSR count). The Bertz CT molecular complexity index is 1190. The lowest BCUT2D eigenvalue weighted by Crippen LogP contribution is -2.37. The molecule has 0 aliphatic carbocycles. The van der Waals surface area contributed by atoms with Crippen LogP contribution < -0.4 is 19.1 Å². The Hall–Kier alpha value is -3.44. The van der Waals surface area contributed by atoms with Gasteiger partial charge in [-0.3, -0.25) is 19.8 Å². The predicted molar refractivity (Wildman–Crippen MR) is 127 cm³/mol. The fraction of sp³-hybridized carbons (Fsp3) is 0.364. The quantitative estimate of drug-likeness (QED) is 0.341. The van der Waals surface area contributed by atoms with Crippen LogP contribution in [-0.2, 0) is 0 Å². The van der Waals surface area contributed by atoms with E-state index >= 15 is 0 Å². The summed E-state index contributed by atoms with van der Waals surface area (Å²) >= 11 is 1.34. The topological polar surface area (TPSA) is 107 Å². The van der Waals surface area contributed by atoms with E-state index in [9.17, 15) is 14.9 Å². The van der Waals surface area contributed by atoms with E-state index in [4.69, 9.17) is 14.2 Å². The minimum atomic E-state index is -0.606. The second-order valence-electron chi connectivity index (χ2n) is 7.50. The van der Waals surface area contributed by atoms with Crippen molar-refractivity contribution in [2.24, 2.45) is 0 Å². The molecule has 176 valence electrons. The van der Waals surface area contributed by atoms with Crippen molar-refractivity contribution in [1.82, 2.24) is 9.88 Å². The number of aromatic nitrogens is 1. The van der Waals surface area contributed by atoms with Crippen LogP contribution in [0.4, 0.5) is 10.8 Å². The fourth-order valence-corrected chi connectivity index (χ4v) is 4.37. The van der Waals surface area contributed by atoms with Crippen LogP contribution in [0.1, 0.15) is 15.9 Å². The van der Waals surface area contributed by atoms with Crippen LogP contribution >= 0.6 is 11.3 Å². The highest BCUT2D eigenvalue weighted by Crippen LogP contribution is 2.39. The molecule has 0 fully saturated rings. The van der Waals surface area contributed by atoms with Crippen LogP contribution in [0.5, 0.6) is 17.2 Å². The van der Waals surface area contributed by atoms with Gasteiger partial charge in [0.15, 0.2) is 16.6 Å². The first-order chi connectivity index (χ1) is 15.7. The van der Waals surface area contributed by atoms with Gasteiger partial charge in [-0.05, 0) is 32.6 Å². The average Bonchev–Trinajstić information content (AvgIpc) is 3.24. The van der Waals surface area contributed by atoms with Crippen LogP contribution in [0.15, 0.2) is 24.3 Å². The Morgan fingerprint density at radius 1 is 1.06 bits per heavy atom. The molecule has 0 radical (unpaired) electrons. The average molecular weight is 475 g/mol. The molecule has 0 N–H and O–H groups in total. The molecule has 10 nitrogen and oxygen atoms in total. The van der Waals surface area contributed by atoms with Crippen molar-refractivity contribution in [1.29, 1.82) is 0 Å². The van der Waals surface area contributed by atoms with Gasteiger partial charge in [-0.15, -0.1) is 0 Å². The summed E-state index contributed by atoms with van der Waals surface area (Å²) < 4.78 is 16.8. The molecular formula is C22H26N4O6S. The Morgan fingerprint density at radius 3 is 2.27 bits per heavy atom. The van der Waals surface area contributed by atoms with Crippen molar-refractivity contribution in [2.45, 2.75) is 6.92 Å². The summed E-state index contributed by atoms with van der Waals surface area (Å²) in [4.78, 5) is 32.9. The van der Waals surface area contributed by atoms with Crippen LogP contribution in [0.25, 0.3) is 10.2 Å². The molecule has 0 atom stereocenters. The fourth-order valence-electron chi connectivity index (χ4n) is 3.30. The number of likely N-dealkylation sites (N-methyl/N-ethyl adjacent to an activating group) is 1. The van der Waals surface area contributed by atoms with Crippen LogP contribution in [0.3, 0.4) is 0 Å². The number of aryl methyl sites for hydroxylation is 1. The first kappa shape index (κ1) is 24.2. The lowest BCUT2D eigenvalue weighted by molar-refractivity contribution is -0.385. The van der Waals surface area contributed by atoms with E-state index in [0.29, 0.717) is 22.9 Å². The molecule has 1 aromatic heterocycles. The Morgan fingerprint density at radius 2 is 1.70 bits per heavy atom. The molecule has 0 bridgehead atoms. The summed E-state index contributed by atoms with van der Waals surface area (Å²) in [5, 5.41) is 12.2. The summed E-state index contributed by atoms with van der Waals surface area (Å²) in [6.07, 6.45) is 0. The largest absolute Gasteiger partial charge is 0.494 e. The van der Waals surface area contributed by atoms with Gasteiger partial charge < -0.3 is 19.1 Å². The summed E-state index contributed by atoms with van der Waals surface area (Å²) in [5.74, 6) is 0.428. The van der Waals surface area contributed by atoms with E-state index < -0.39 is 10.8 Å². The highest BCUT2D eigenvalue weighted by molar-refractivity contribution is 7.22. The van der Waals surface area contributed by atoms with Gasteiger partial charge in [0, 0.05) is 19.2 Å². The molecule has 0 spiro atoms. The van der Waals surface area contributed by atoms with Gasteiger partial charge in [0.25, 0.3) is 11.6 Å². The number of fused-ring (bicyclic) bond motifs is 1. The molecule has 0 aliphatic rings. The first-order valence-corrected chi connectivity index (χ1v) is 10.8. The zero-order chi connectivity index (χ0) is 24.3. The number of hydrogen-bond donors (Lipinski definition) is 0. The van der Waals surface area contributed by atoms with Gasteiger partial charge in [0.05, 0.1) is 37.0 Å². The van der Waals surface area contributed by atoms with Crippen molar-refractivity contribution in [2.75, 3.05) is 53.4 Å². The van der Waals surface area contributed by atoms with E-state index in [0.717, 1.165) is 10.3 Å². The molecular weight excluding hydrogens is 448 g/mol. The van der Waals surface area contributed by atoms with Crippen molar-refractivity contribution in [3.05, 3.63) is 45.5 Å².